The van der Waals surface area contributed by atoms with Gasteiger partial charge in [0.2, 0.25) is 0 Å². The average molecular weight is 712 g/mol. The summed E-state index contributed by atoms with van der Waals surface area (Å²) in [6.45, 7) is 7.46. The Morgan fingerprint density at radius 3 is 1.49 bits per heavy atom. The van der Waals surface area contributed by atoms with Gasteiger partial charge >= 0.3 is 11.9 Å². The van der Waals surface area contributed by atoms with Crippen LogP contribution in [-0.2, 0) is 19.1 Å². The van der Waals surface area contributed by atoms with Crippen molar-refractivity contribution in [3.8, 4) is 23.0 Å². The molecule has 0 bridgehead atoms. The van der Waals surface area contributed by atoms with E-state index in [0.29, 0.717) is 11.5 Å². The minimum absolute atomic E-state index is 0.118. The number of rotatable bonds is 18. The molecule has 0 spiro atoms. The molecule has 0 fully saturated rings. The molecule has 0 aliphatic rings. The van der Waals surface area contributed by atoms with Gasteiger partial charge in [0.25, 0.3) is 0 Å². The number of carbonyl (C=O) groups excluding carboxylic acids is 2. The van der Waals surface area contributed by atoms with Gasteiger partial charge in [-0.25, -0.2) is 9.59 Å². The maximum Gasteiger partial charge on any atom is 0.330 e. The van der Waals surface area contributed by atoms with Crippen molar-refractivity contribution in [1.29, 1.82) is 0 Å². The summed E-state index contributed by atoms with van der Waals surface area (Å²) in [7, 11) is 3.31. The van der Waals surface area contributed by atoms with Crippen LogP contribution in [0.25, 0.3) is 11.6 Å². The van der Waals surface area contributed by atoms with Crippen molar-refractivity contribution in [3.63, 3.8) is 0 Å². The molecule has 0 heterocycles. The lowest BCUT2D eigenvalue weighted by atomic mass is 9.95. The van der Waals surface area contributed by atoms with Gasteiger partial charge in [-0.2, -0.15) is 0 Å². The van der Waals surface area contributed by atoms with Crippen LogP contribution >= 0.6 is 0 Å². The molecular formula is C44H41NO8. The van der Waals surface area contributed by atoms with E-state index in [-0.39, 0.29) is 26.4 Å². The van der Waals surface area contributed by atoms with E-state index in [0.717, 1.165) is 63.0 Å². The van der Waals surface area contributed by atoms with Crippen molar-refractivity contribution in [2.24, 2.45) is 0 Å². The second-order valence-corrected chi connectivity index (χ2v) is 11.4. The first kappa shape index (κ1) is 37.5. The van der Waals surface area contributed by atoms with Crippen LogP contribution < -0.4 is 23.8 Å². The maximum atomic E-state index is 11.3. The van der Waals surface area contributed by atoms with Gasteiger partial charge in [0.1, 0.15) is 49.4 Å². The van der Waals surface area contributed by atoms with Gasteiger partial charge in [-0.3, -0.25) is 0 Å². The largest absolute Gasteiger partial charge is 0.497 e. The lowest BCUT2D eigenvalue weighted by Crippen LogP contribution is -2.10. The molecule has 0 aromatic heterocycles. The van der Waals surface area contributed by atoms with Crippen LogP contribution in [-0.4, -0.2) is 52.6 Å². The molecule has 5 rings (SSSR count). The number of hydrogen-bond donors (Lipinski definition) is 0. The van der Waals surface area contributed by atoms with E-state index >= 15 is 0 Å². The standard InChI is InChI=1S/C44H41NO8/c1-5-43(46)52-28-26-50-39-20-12-33(13-21-39)42(34-14-22-40(23-15-34)51-27-29-53-44(47)6-2)30-32-10-16-35(17-11-32)45(36-18-24-38(48-3)25-19-36)37-8-7-9-41(31-37)49-4/h5-25,30-31H,1-2,26-29H2,3-4H3. The Morgan fingerprint density at radius 1 is 0.547 bits per heavy atom. The lowest BCUT2D eigenvalue weighted by Gasteiger charge is -2.26. The van der Waals surface area contributed by atoms with Gasteiger partial charge in [-0.15, -0.1) is 0 Å². The normalized spacial score (nSPS) is 10.3. The number of nitrogens with zero attached hydrogens (tertiary/aromatic N) is 1. The Balaban J connectivity index is 1.44. The fraction of sp³-hybridized carbons (Fsp3) is 0.136. The Hall–Kier alpha value is -6.74. The molecule has 0 aliphatic carbocycles. The Morgan fingerprint density at radius 2 is 1.02 bits per heavy atom. The highest BCUT2D eigenvalue weighted by Crippen LogP contribution is 2.37. The molecule has 270 valence electrons. The molecule has 0 amide bonds. The average Bonchev–Trinajstić information content (AvgIpc) is 3.21. The second-order valence-electron chi connectivity index (χ2n) is 11.4. The van der Waals surface area contributed by atoms with Crippen LogP contribution in [0.5, 0.6) is 23.0 Å². The zero-order valence-corrected chi connectivity index (χ0v) is 29.7. The van der Waals surface area contributed by atoms with Gasteiger partial charge in [-0.05, 0) is 101 Å². The Bertz CT molecular complexity index is 1930. The highest BCUT2D eigenvalue weighted by molar-refractivity contribution is 5.92. The first-order chi connectivity index (χ1) is 25.9. The molecule has 5 aromatic rings. The molecule has 0 radical (unpaired) electrons. The number of anilines is 3. The van der Waals surface area contributed by atoms with Crippen LogP contribution in [0.3, 0.4) is 0 Å². The molecule has 0 saturated heterocycles. The predicted octanol–water partition coefficient (Wildman–Crippen LogP) is 8.98. The number of hydrogen-bond acceptors (Lipinski definition) is 9. The van der Waals surface area contributed by atoms with Gasteiger partial charge in [0.05, 0.1) is 14.2 Å². The van der Waals surface area contributed by atoms with Crippen molar-refractivity contribution in [2.45, 2.75) is 0 Å². The van der Waals surface area contributed by atoms with Crippen LogP contribution in [0.4, 0.5) is 17.1 Å². The topological polar surface area (TPSA) is 92.8 Å². The third kappa shape index (κ3) is 10.6. The van der Waals surface area contributed by atoms with E-state index in [2.05, 4.69) is 48.4 Å². The van der Waals surface area contributed by atoms with Gasteiger partial charge < -0.3 is 33.3 Å². The predicted molar refractivity (Wildman–Crippen MR) is 207 cm³/mol. The fourth-order valence-corrected chi connectivity index (χ4v) is 5.33. The molecule has 0 aliphatic heterocycles. The summed E-state index contributed by atoms with van der Waals surface area (Å²) in [4.78, 5) is 24.8. The van der Waals surface area contributed by atoms with Crippen molar-refractivity contribution in [2.75, 3.05) is 45.5 Å². The summed E-state index contributed by atoms with van der Waals surface area (Å²) in [6, 6.07) is 39.6. The van der Waals surface area contributed by atoms with Crippen LogP contribution in [0, 0.1) is 0 Å². The SMILES string of the molecule is C=CC(=O)OCCOc1ccc(C(=Cc2ccc(N(c3ccc(OC)cc3)c3cccc(OC)c3)cc2)c2ccc(OCCOC(=O)C=C)cc2)cc1. The summed E-state index contributed by atoms with van der Waals surface area (Å²) in [5.74, 6) is 1.83. The van der Waals surface area contributed by atoms with E-state index in [1.54, 1.807) is 14.2 Å². The Kier molecular flexibility index (Phi) is 13.5. The maximum absolute atomic E-state index is 11.3. The quantitative estimate of drug-likeness (QED) is 0.0382. The molecule has 0 unspecified atom stereocenters. The van der Waals surface area contributed by atoms with E-state index in [1.807, 2.05) is 97.1 Å². The summed E-state index contributed by atoms with van der Waals surface area (Å²) in [6.07, 6.45) is 4.36. The minimum Gasteiger partial charge on any atom is -0.497 e. The first-order valence-corrected chi connectivity index (χ1v) is 16.9. The van der Waals surface area contributed by atoms with Crippen molar-refractivity contribution in [3.05, 3.63) is 163 Å². The van der Waals surface area contributed by atoms with Gasteiger partial charge in [0.15, 0.2) is 0 Å². The van der Waals surface area contributed by atoms with Crippen molar-refractivity contribution < 1.29 is 38.0 Å². The highest BCUT2D eigenvalue weighted by atomic mass is 16.6. The zero-order chi connectivity index (χ0) is 37.4. The first-order valence-electron chi connectivity index (χ1n) is 16.9. The third-order valence-electron chi connectivity index (χ3n) is 7.96. The van der Waals surface area contributed by atoms with Crippen LogP contribution in [0.2, 0.25) is 0 Å². The molecule has 5 aromatic carbocycles. The highest BCUT2D eigenvalue weighted by Gasteiger charge is 2.14. The van der Waals surface area contributed by atoms with Gasteiger partial charge in [0, 0.05) is 35.3 Å². The number of esters is 2. The number of carbonyl (C=O) groups is 2. The number of ether oxygens (including phenoxy) is 6. The van der Waals surface area contributed by atoms with Gasteiger partial charge in [-0.1, -0.05) is 55.6 Å². The summed E-state index contributed by atoms with van der Waals surface area (Å²) >= 11 is 0. The molecule has 53 heavy (non-hydrogen) atoms. The number of methoxy groups -OCH3 is 2. The lowest BCUT2D eigenvalue weighted by molar-refractivity contribution is -0.139. The van der Waals surface area contributed by atoms with Crippen LogP contribution in [0.1, 0.15) is 16.7 Å². The molecule has 0 atom stereocenters. The molecule has 0 N–H and O–H groups in total. The van der Waals surface area contributed by atoms with Crippen molar-refractivity contribution >= 4 is 40.6 Å². The molecule has 0 saturated carbocycles. The fourth-order valence-electron chi connectivity index (χ4n) is 5.33. The third-order valence-corrected chi connectivity index (χ3v) is 7.96. The molecule has 9 heteroatoms. The summed E-state index contributed by atoms with van der Waals surface area (Å²) < 4.78 is 32.5. The molecule has 9 nitrogen and oxygen atoms in total. The second kappa shape index (κ2) is 19.0. The van der Waals surface area contributed by atoms with Crippen molar-refractivity contribution in [1.82, 2.24) is 0 Å². The van der Waals surface area contributed by atoms with E-state index < -0.39 is 11.9 Å². The zero-order valence-electron chi connectivity index (χ0n) is 29.7. The number of benzene rings is 5. The van der Waals surface area contributed by atoms with E-state index in [9.17, 15) is 9.59 Å². The van der Waals surface area contributed by atoms with E-state index in [1.165, 1.54) is 0 Å². The molecular weight excluding hydrogens is 670 g/mol. The minimum atomic E-state index is -0.493. The summed E-state index contributed by atoms with van der Waals surface area (Å²) in [5.41, 5.74) is 6.74. The smallest absolute Gasteiger partial charge is 0.330 e. The summed E-state index contributed by atoms with van der Waals surface area (Å²) in [5, 5.41) is 0. The monoisotopic (exact) mass is 711 g/mol. The van der Waals surface area contributed by atoms with E-state index in [4.69, 9.17) is 28.4 Å². The Labute approximate surface area is 309 Å². The van der Waals surface area contributed by atoms with Crippen LogP contribution in [0.15, 0.2) is 147 Å².